The van der Waals surface area contributed by atoms with Crippen molar-refractivity contribution in [3.05, 3.63) is 52.8 Å². The lowest BCUT2D eigenvalue weighted by molar-refractivity contribution is 0.445. The molecule has 2 rings (SSSR count). The number of anilines is 1. The van der Waals surface area contributed by atoms with E-state index in [0.717, 1.165) is 16.9 Å². The average Bonchev–Trinajstić information content (AvgIpc) is 2.62. The summed E-state index contributed by atoms with van der Waals surface area (Å²) >= 11 is 0. The first-order chi connectivity index (χ1) is 12.7. The fourth-order valence-electron chi connectivity index (χ4n) is 3.04. The number of benzene rings is 1. The van der Waals surface area contributed by atoms with Crippen molar-refractivity contribution in [1.29, 1.82) is 5.26 Å². The number of hydrogen-bond donors (Lipinski definition) is 1. The minimum absolute atomic E-state index is 0.0940. The van der Waals surface area contributed by atoms with Crippen molar-refractivity contribution in [3.8, 4) is 6.07 Å². The van der Waals surface area contributed by atoms with Gasteiger partial charge in [0.1, 0.15) is 6.07 Å². The highest BCUT2D eigenvalue weighted by Crippen LogP contribution is 2.25. The molecule has 6 nitrogen and oxygen atoms in total. The highest BCUT2D eigenvalue weighted by Gasteiger charge is 2.21. The summed E-state index contributed by atoms with van der Waals surface area (Å²) in [6.07, 6.45) is 0. The van der Waals surface area contributed by atoms with Gasteiger partial charge in [0.15, 0.2) is 0 Å². The lowest BCUT2D eigenvalue weighted by Gasteiger charge is -2.20. The van der Waals surface area contributed by atoms with Crippen LogP contribution in [0.3, 0.4) is 0 Å². The Morgan fingerprint density at radius 2 is 1.78 bits per heavy atom. The van der Waals surface area contributed by atoms with Crippen LogP contribution >= 0.6 is 0 Å². The molecular formula is C20H26N4O2S. The van der Waals surface area contributed by atoms with Crippen LogP contribution in [0.4, 0.5) is 5.69 Å². The van der Waals surface area contributed by atoms with E-state index in [1.165, 1.54) is 4.31 Å². The van der Waals surface area contributed by atoms with Crippen molar-refractivity contribution in [1.82, 2.24) is 9.29 Å². The number of sulfonamides is 1. The van der Waals surface area contributed by atoms with E-state index in [2.05, 4.69) is 16.4 Å². The number of pyridine rings is 1. The van der Waals surface area contributed by atoms with E-state index in [1.54, 1.807) is 24.3 Å². The number of nitrogens with zero attached hydrogens (tertiary/aromatic N) is 3. The summed E-state index contributed by atoms with van der Waals surface area (Å²) < 4.78 is 26.6. The van der Waals surface area contributed by atoms with E-state index in [4.69, 9.17) is 0 Å². The van der Waals surface area contributed by atoms with Gasteiger partial charge in [0.2, 0.25) is 10.0 Å². The van der Waals surface area contributed by atoms with E-state index in [0.29, 0.717) is 24.3 Å². The SMILES string of the molecule is CCN(CC)S(=O)(=O)c1ccc(C(C)Nc2cc(C)nc(C)c2C#N)cc1. The van der Waals surface area contributed by atoms with Crippen LogP contribution < -0.4 is 5.32 Å². The Balaban J connectivity index is 2.27. The van der Waals surface area contributed by atoms with Gasteiger partial charge < -0.3 is 5.32 Å². The Morgan fingerprint density at radius 3 is 2.30 bits per heavy atom. The van der Waals surface area contributed by atoms with Gasteiger partial charge in [-0.1, -0.05) is 26.0 Å². The molecule has 0 aliphatic rings. The van der Waals surface area contributed by atoms with Gasteiger partial charge in [-0.15, -0.1) is 0 Å². The molecule has 0 aliphatic carbocycles. The average molecular weight is 387 g/mol. The van der Waals surface area contributed by atoms with Gasteiger partial charge in [0, 0.05) is 24.8 Å². The van der Waals surface area contributed by atoms with Crippen molar-refractivity contribution in [2.75, 3.05) is 18.4 Å². The Kier molecular flexibility index (Phi) is 6.58. The molecule has 0 aliphatic heterocycles. The molecule has 0 saturated heterocycles. The van der Waals surface area contributed by atoms with Gasteiger partial charge in [-0.25, -0.2) is 8.42 Å². The van der Waals surface area contributed by atoms with Crippen molar-refractivity contribution in [3.63, 3.8) is 0 Å². The van der Waals surface area contributed by atoms with Crippen molar-refractivity contribution in [2.24, 2.45) is 0 Å². The molecule has 1 N–H and O–H groups in total. The zero-order valence-electron chi connectivity index (χ0n) is 16.4. The van der Waals surface area contributed by atoms with E-state index in [1.807, 2.05) is 40.7 Å². The van der Waals surface area contributed by atoms with Crippen LogP contribution in [0, 0.1) is 25.2 Å². The standard InChI is InChI=1S/C20H26N4O2S/c1-6-24(7-2)27(25,26)18-10-8-17(9-11-18)15(4)23-20-12-14(3)22-16(5)19(20)13-21/h8-12,15H,6-7H2,1-5H3,(H,22,23). The molecule has 1 unspecified atom stereocenters. The van der Waals surface area contributed by atoms with Crippen LogP contribution in [0.25, 0.3) is 0 Å². The minimum Gasteiger partial charge on any atom is -0.377 e. The fraction of sp³-hybridized carbons (Fsp3) is 0.400. The zero-order chi connectivity index (χ0) is 20.2. The van der Waals surface area contributed by atoms with E-state index in [-0.39, 0.29) is 10.9 Å². The van der Waals surface area contributed by atoms with Crippen LogP contribution in [0.1, 0.15) is 49.3 Å². The van der Waals surface area contributed by atoms with Crippen LogP contribution in [0.5, 0.6) is 0 Å². The Morgan fingerprint density at radius 1 is 1.19 bits per heavy atom. The van der Waals surface area contributed by atoms with Gasteiger partial charge >= 0.3 is 0 Å². The summed E-state index contributed by atoms with van der Waals surface area (Å²) in [5, 5.41) is 12.7. The number of aromatic nitrogens is 1. The maximum absolute atomic E-state index is 12.6. The topological polar surface area (TPSA) is 86.1 Å². The molecule has 0 amide bonds. The first kappa shape index (κ1) is 20.9. The third-order valence-corrected chi connectivity index (χ3v) is 6.60. The Bertz CT molecular complexity index is 943. The molecule has 27 heavy (non-hydrogen) atoms. The van der Waals surface area contributed by atoms with E-state index < -0.39 is 10.0 Å². The first-order valence-corrected chi connectivity index (χ1v) is 10.4. The molecule has 0 radical (unpaired) electrons. The summed E-state index contributed by atoms with van der Waals surface area (Å²) in [6.45, 7) is 10.2. The van der Waals surface area contributed by atoms with Crippen LogP contribution in [0.2, 0.25) is 0 Å². The highest BCUT2D eigenvalue weighted by molar-refractivity contribution is 7.89. The predicted octanol–water partition coefficient (Wildman–Crippen LogP) is 3.77. The van der Waals surface area contributed by atoms with Crippen LogP contribution in [-0.4, -0.2) is 30.8 Å². The smallest absolute Gasteiger partial charge is 0.243 e. The maximum Gasteiger partial charge on any atom is 0.243 e. The number of nitriles is 1. The van der Waals surface area contributed by atoms with Gasteiger partial charge in [0.05, 0.1) is 21.8 Å². The molecule has 144 valence electrons. The molecule has 0 fully saturated rings. The van der Waals surface area contributed by atoms with Gasteiger partial charge in [-0.3, -0.25) is 4.98 Å². The number of rotatable bonds is 7. The van der Waals surface area contributed by atoms with Crippen molar-refractivity contribution >= 4 is 15.7 Å². The third-order valence-electron chi connectivity index (χ3n) is 4.54. The predicted molar refractivity (Wildman–Crippen MR) is 107 cm³/mol. The van der Waals surface area contributed by atoms with Gasteiger partial charge in [0.25, 0.3) is 0 Å². The molecule has 2 aromatic rings. The summed E-state index contributed by atoms with van der Waals surface area (Å²) in [5.74, 6) is 0. The molecule has 0 spiro atoms. The summed E-state index contributed by atoms with van der Waals surface area (Å²) in [4.78, 5) is 4.61. The van der Waals surface area contributed by atoms with Gasteiger partial charge in [-0.05, 0) is 44.5 Å². The zero-order valence-corrected chi connectivity index (χ0v) is 17.3. The number of hydrogen-bond acceptors (Lipinski definition) is 5. The minimum atomic E-state index is -3.46. The molecule has 1 aromatic heterocycles. The normalized spacial score (nSPS) is 12.6. The monoisotopic (exact) mass is 386 g/mol. The lowest BCUT2D eigenvalue weighted by atomic mass is 10.1. The second-order valence-electron chi connectivity index (χ2n) is 6.41. The first-order valence-electron chi connectivity index (χ1n) is 8.99. The third kappa shape index (κ3) is 4.46. The quantitative estimate of drug-likeness (QED) is 0.783. The molecule has 1 aromatic carbocycles. The second kappa shape index (κ2) is 8.51. The van der Waals surface area contributed by atoms with Crippen molar-refractivity contribution < 1.29 is 8.42 Å². The number of nitrogens with one attached hydrogen (secondary N) is 1. The molecule has 1 atom stereocenters. The molecular weight excluding hydrogens is 360 g/mol. The van der Waals surface area contributed by atoms with Gasteiger partial charge in [-0.2, -0.15) is 9.57 Å². The van der Waals surface area contributed by atoms with Crippen molar-refractivity contribution in [2.45, 2.75) is 45.6 Å². The highest BCUT2D eigenvalue weighted by atomic mass is 32.2. The Hall–Kier alpha value is -2.43. The van der Waals surface area contributed by atoms with E-state index in [9.17, 15) is 13.7 Å². The lowest BCUT2D eigenvalue weighted by Crippen LogP contribution is -2.30. The summed E-state index contributed by atoms with van der Waals surface area (Å²) in [6, 6.07) is 10.8. The largest absolute Gasteiger partial charge is 0.377 e. The second-order valence-corrected chi connectivity index (χ2v) is 8.35. The van der Waals surface area contributed by atoms with Crippen LogP contribution in [-0.2, 0) is 10.0 Å². The molecule has 0 bridgehead atoms. The summed E-state index contributed by atoms with van der Waals surface area (Å²) in [7, 11) is -3.46. The maximum atomic E-state index is 12.6. The Labute approximate surface area is 161 Å². The summed E-state index contributed by atoms with van der Waals surface area (Å²) in [5.41, 5.74) is 3.71. The number of aryl methyl sites for hydroxylation is 2. The van der Waals surface area contributed by atoms with E-state index >= 15 is 0 Å². The molecule has 1 heterocycles. The molecule has 7 heteroatoms. The van der Waals surface area contributed by atoms with Crippen LogP contribution in [0.15, 0.2) is 35.2 Å². The molecule has 0 saturated carbocycles. The fourth-order valence-corrected chi connectivity index (χ4v) is 4.50.